The number of rotatable bonds is 5. The summed E-state index contributed by atoms with van der Waals surface area (Å²) in [7, 11) is -7.26. The lowest BCUT2D eigenvalue weighted by Crippen LogP contribution is -2.15. The Kier molecular flexibility index (Phi) is 4.31. The molecule has 0 saturated carbocycles. The van der Waals surface area contributed by atoms with E-state index in [4.69, 9.17) is 5.14 Å². The average molecular weight is 326 g/mol. The molecule has 0 bridgehead atoms. The molecule has 0 unspecified atom stereocenters. The van der Waals surface area contributed by atoms with Crippen molar-refractivity contribution in [2.24, 2.45) is 5.14 Å². The monoisotopic (exact) mass is 326 g/mol. The summed E-state index contributed by atoms with van der Waals surface area (Å²) in [6, 6.07) is 13.9. The molecule has 2 aromatic rings. The van der Waals surface area contributed by atoms with Crippen LogP contribution in [0.5, 0.6) is 0 Å². The molecule has 0 fully saturated rings. The summed E-state index contributed by atoms with van der Waals surface area (Å²) >= 11 is 0. The van der Waals surface area contributed by atoms with Gasteiger partial charge in [0.25, 0.3) is 10.0 Å². The van der Waals surface area contributed by atoms with E-state index in [1.165, 1.54) is 36.4 Å². The summed E-state index contributed by atoms with van der Waals surface area (Å²) in [4.78, 5) is 0.151. The van der Waals surface area contributed by atoms with E-state index < -0.39 is 20.0 Å². The number of hydrogen-bond acceptors (Lipinski definition) is 4. The minimum atomic E-state index is -3.65. The number of hydrogen-bond donors (Lipinski definition) is 2. The second-order valence-electron chi connectivity index (χ2n) is 4.42. The highest BCUT2D eigenvalue weighted by Gasteiger charge is 2.13. The molecular formula is C13H14N2O4S2. The molecule has 2 rings (SSSR count). The zero-order chi connectivity index (χ0) is 15.5. The molecule has 0 aromatic heterocycles. The first-order valence-electron chi connectivity index (χ1n) is 5.93. The molecule has 2 aromatic carbocycles. The maximum Gasteiger partial charge on any atom is 0.261 e. The lowest BCUT2D eigenvalue weighted by atomic mass is 10.2. The molecule has 0 aliphatic heterocycles. The third kappa shape index (κ3) is 4.55. The number of sulfonamides is 2. The van der Waals surface area contributed by atoms with E-state index in [9.17, 15) is 16.8 Å². The molecule has 6 nitrogen and oxygen atoms in total. The number of primary sulfonamides is 1. The Morgan fingerprint density at radius 1 is 0.857 bits per heavy atom. The highest BCUT2D eigenvalue weighted by Crippen LogP contribution is 2.16. The lowest BCUT2D eigenvalue weighted by molar-refractivity contribution is 0.596. The summed E-state index contributed by atoms with van der Waals surface area (Å²) < 4.78 is 48.5. The van der Waals surface area contributed by atoms with Crippen molar-refractivity contribution in [3.8, 4) is 0 Å². The third-order valence-corrected chi connectivity index (χ3v) is 4.76. The van der Waals surface area contributed by atoms with Crippen molar-refractivity contribution in [2.75, 3.05) is 4.72 Å². The molecule has 0 spiro atoms. The zero-order valence-electron chi connectivity index (χ0n) is 10.9. The quantitative estimate of drug-likeness (QED) is 0.863. The van der Waals surface area contributed by atoms with Gasteiger partial charge in [-0.15, -0.1) is 0 Å². The van der Waals surface area contributed by atoms with Crippen LogP contribution in [0.15, 0.2) is 59.5 Å². The van der Waals surface area contributed by atoms with Gasteiger partial charge in [-0.05, 0) is 29.8 Å². The van der Waals surface area contributed by atoms with Gasteiger partial charge < -0.3 is 0 Å². The van der Waals surface area contributed by atoms with E-state index in [0.29, 0.717) is 11.3 Å². The number of nitrogens with two attached hydrogens (primary N) is 1. The highest BCUT2D eigenvalue weighted by atomic mass is 32.2. The van der Waals surface area contributed by atoms with Crippen LogP contribution in [0, 0.1) is 0 Å². The fourth-order valence-corrected chi connectivity index (χ4v) is 3.45. The first kappa shape index (κ1) is 15.5. The fraction of sp³-hybridized carbons (Fsp3) is 0.0769. The minimum absolute atomic E-state index is 0.151. The van der Waals surface area contributed by atoms with Crippen molar-refractivity contribution >= 4 is 25.7 Å². The van der Waals surface area contributed by atoms with Gasteiger partial charge >= 0.3 is 0 Å². The molecule has 21 heavy (non-hydrogen) atoms. The van der Waals surface area contributed by atoms with Gasteiger partial charge in [-0.3, -0.25) is 4.72 Å². The van der Waals surface area contributed by atoms with Crippen molar-refractivity contribution in [1.82, 2.24) is 0 Å². The maximum atomic E-state index is 12.1. The van der Waals surface area contributed by atoms with Crippen molar-refractivity contribution in [3.63, 3.8) is 0 Å². The van der Waals surface area contributed by atoms with Gasteiger partial charge in [-0.1, -0.05) is 30.3 Å². The zero-order valence-corrected chi connectivity index (χ0v) is 12.6. The molecule has 0 heterocycles. The summed E-state index contributed by atoms with van der Waals surface area (Å²) in [5.74, 6) is -0.293. The van der Waals surface area contributed by atoms with Crippen LogP contribution in [0.4, 0.5) is 5.69 Å². The summed E-state index contributed by atoms with van der Waals surface area (Å²) in [5, 5.41) is 4.94. The Labute approximate surface area is 123 Å². The van der Waals surface area contributed by atoms with E-state index in [-0.39, 0.29) is 10.6 Å². The minimum Gasteiger partial charge on any atom is -0.280 e. The average Bonchev–Trinajstić information content (AvgIpc) is 2.40. The normalized spacial score (nSPS) is 12.0. The Balaban J connectivity index is 2.17. The van der Waals surface area contributed by atoms with Crippen LogP contribution in [0.1, 0.15) is 5.56 Å². The second kappa shape index (κ2) is 5.84. The van der Waals surface area contributed by atoms with Gasteiger partial charge in [0.2, 0.25) is 10.0 Å². The van der Waals surface area contributed by atoms with Gasteiger partial charge in [-0.2, -0.15) is 0 Å². The molecule has 0 amide bonds. The topological polar surface area (TPSA) is 106 Å². The number of benzene rings is 2. The van der Waals surface area contributed by atoms with Crippen LogP contribution >= 0.6 is 0 Å². The molecular weight excluding hydrogens is 312 g/mol. The van der Waals surface area contributed by atoms with Crippen LogP contribution in [-0.4, -0.2) is 16.8 Å². The van der Waals surface area contributed by atoms with E-state index >= 15 is 0 Å². The Morgan fingerprint density at radius 3 is 1.95 bits per heavy atom. The van der Waals surface area contributed by atoms with E-state index in [2.05, 4.69) is 4.72 Å². The first-order chi connectivity index (χ1) is 9.76. The third-order valence-electron chi connectivity index (χ3n) is 2.63. The molecule has 8 heteroatoms. The molecule has 0 aliphatic rings. The number of nitrogens with one attached hydrogen (secondary N) is 1. The molecule has 0 saturated heterocycles. The van der Waals surface area contributed by atoms with E-state index in [1.807, 2.05) is 0 Å². The van der Waals surface area contributed by atoms with E-state index in [1.54, 1.807) is 18.2 Å². The first-order valence-corrected chi connectivity index (χ1v) is 9.13. The SMILES string of the molecule is NS(=O)(=O)Cc1ccc(NS(=O)(=O)c2ccccc2)cc1. The Morgan fingerprint density at radius 2 is 1.43 bits per heavy atom. The maximum absolute atomic E-state index is 12.1. The molecule has 0 atom stereocenters. The van der Waals surface area contributed by atoms with Crippen molar-refractivity contribution in [1.29, 1.82) is 0 Å². The molecule has 0 aliphatic carbocycles. The van der Waals surface area contributed by atoms with Crippen LogP contribution in [0.2, 0.25) is 0 Å². The molecule has 112 valence electrons. The second-order valence-corrected chi connectivity index (χ2v) is 7.72. The lowest BCUT2D eigenvalue weighted by Gasteiger charge is -2.08. The van der Waals surface area contributed by atoms with Gasteiger partial charge in [0.1, 0.15) is 0 Å². The standard InChI is InChI=1S/C13H14N2O4S2/c14-20(16,17)10-11-6-8-12(9-7-11)15-21(18,19)13-4-2-1-3-5-13/h1-9,15H,10H2,(H2,14,16,17). The van der Waals surface area contributed by atoms with Crippen LogP contribution in [-0.2, 0) is 25.8 Å². The molecule has 0 radical (unpaired) electrons. The summed E-state index contributed by atoms with van der Waals surface area (Å²) in [6.07, 6.45) is 0. The van der Waals surface area contributed by atoms with Crippen molar-refractivity contribution in [2.45, 2.75) is 10.6 Å². The predicted octanol–water partition coefficient (Wildman–Crippen LogP) is 1.28. The predicted molar refractivity (Wildman–Crippen MR) is 80.5 cm³/mol. The van der Waals surface area contributed by atoms with Crippen LogP contribution in [0.3, 0.4) is 0 Å². The smallest absolute Gasteiger partial charge is 0.261 e. The van der Waals surface area contributed by atoms with Gasteiger partial charge in [0.15, 0.2) is 0 Å². The van der Waals surface area contributed by atoms with Gasteiger partial charge in [0, 0.05) is 5.69 Å². The van der Waals surface area contributed by atoms with E-state index in [0.717, 1.165) is 0 Å². The Bertz CT molecular complexity index is 814. The number of anilines is 1. The molecule has 3 N–H and O–H groups in total. The summed E-state index contributed by atoms with van der Waals surface area (Å²) in [6.45, 7) is 0. The van der Waals surface area contributed by atoms with Crippen LogP contribution < -0.4 is 9.86 Å². The van der Waals surface area contributed by atoms with Gasteiger partial charge in [0.05, 0.1) is 10.6 Å². The van der Waals surface area contributed by atoms with Crippen molar-refractivity contribution in [3.05, 3.63) is 60.2 Å². The Hall–Kier alpha value is -1.90. The van der Waals surface area contributed by atoms with Crippen molar-refractivity contribution < 1.29 is 16.8 Å². The van der Waals surface area contributed by atoms with Gasteiger partial charge in [-0.25, -0.2) is 22.0 Å². The largest absolute Gasteiger partial charge is 0.280 e. The summed E-state index contributed by atoms with van der Waals surface area (Å²) in [5.41, 5.74) is 0.831. The van der Waals surface area contributed by atoms with Crippen LogP contribution in [0.25, 0.3) is 0 Å². The highest BCUT2D eigenvalue weighted by molar-refractivity contribution is 7.92. The fourth-order valence-electron chi connectivity index (χ4n) is 1.72.